The number of halogens is 1. The van der Waals surface area contributed by atoms with Crippen molar-refractivity contribution in [3.05, 3.63) is 64.1 Å². The quantitative estimate of drug-likeness (QED) is 0.495. The average Bonchev–Trinajstić information content (AvgIpc) is 2.47. The Morgan fingerprint density at radius 1 is 1.14 bits per heavy atom. The van der Waals surface area contributed by atoms with Crippen LogP contribution in [0.3, 0.4) is 0 Å². The highest BCUT2D eigenvalue weighted by atomic mass is 79.9. The standard InChI is InChI=1S/C15H15BrN4O/c16-13-6-7-14(12(8-13)9-19-20-15(17)18)21-10-11-4-2-1-3-5-11/h1-9H,10H2,(H4,17,18,20)/b19-9-. The zero-order chi connectivity index (χ0) is 15.1. The highest BCUT2D eigenvalue weighted by Crippen LogP contribution is 2.22. The Morgan fingerprint density at radius 3 is 2.62 bits per heavy atom. The molecule has 0 unspecified atom stereocenters. The number of nitrogens with zero attached hydrogens (tertiary/aromatic N) is 2. The lowest BCUT2D eigenvalue weighted by Gasteiger charge is -2.09. The molecule has 5 nitrogen and oxygen atoms in total. The van der Waals surface area contributed by atoms with E-state index in [1.807, 2.05) is 48.5 Å². The van der Waals surface area contributed by atoms with Gasteiger partial charge in [-0.15, -0.1) is 5.10 Å². The van der Waals surface area contributed by atoms with Gasteiger partial charge < -0.3 is 16.2 Å². The summed E-state index contributed by atoms with van der Waals surface area (Å²) < 4.78 is 6.73. The minimum Gasteiger partial charge on any atom is -0.488 e. The van der Waals surface area contributed by atoms with E-state index in [1.54, 1.807) is 6.21 Å². The van der Waals surface area contributed by atoms with Crippen LogP contribution < -0.4 is 16.2 Å². The van der Waals surface area contributed by atoms with E-state index in [4.69, 9.17) is 16.2 Å². The first-order chi connectivity index (χ1) is 10.1. The minimum atomic E-state index is -0.0898. The molecule has 2 aromatic carbocycles. The zero-order valence-corrected chi connectivity index (χ0v) is 12.8. The number of guanidine groups is 1. The molecule has 108 valence electrons. The van der Waals surface area contributed by atoms with Crippen molar-refractivity contribution in [2.75, 3.05) is 0 Å². The number of ether oxygens (including phenoxy) is 1. The minimum absolute atomic E-state index is 0.0898. The summed E-state index contributed by atoms with van der Waals surface area (Å²) in [5.41, 5.74) is 12.3. The molecule has 2 rings (SSSR count). The van der Waals surface area contributed by atoms with Crippen LogP contribution in [0, 0.1) is 0 Å². The Labute approximate surface area is 131 Å². The second-order valence-corrected chi connectivity index (χ2v) is 5.14. The van der Waals surface area contributed by atoms with Gasteiger partial charge in [-0.3, -0.25) is 0 Å². The van der Waals surface area contributed by atoms with E-state index in [9.17, 15) is 0 Å². The van der Waals surface area contributed by atoms with Crippen molar-refractivity contribution < 1.29 is 4.74 Å². The van der Waals surface area contributed by atoms with E-state index in [0.717, 1.165) is 15.6 Å². The maximum Gasteiger partial charge on any atom is 0.211 e. The van der Waals surface area contributed by atoms with Crippen molar-refractivity contribution in [1.82, 2.24) is 0 Å². The molecule has 0 bridgehead atoms. The van der Waals surface area contributed by atoms with Gasteiger partial charge in [0.15, 0.2) is 0 Å². The lowest BCUT2D eigenvalue weighted by Crippen LogP contribution is -2.21. The molecule has 0 saturated carbocycles. The first-order valence-corrected chi connectivity index (χ1v) is 7.02. The van der Waals surface area contributed by atoms with Gasteiger partial charge in [-0.2, -0.15) is 5.10 Å². The molecule has 0 atom stereocenters. The molecule has 0 fully saturated rings. The average molecular weight is 347 g/mol. The molecule has 0 radical (unpaired) electrons. The van der Waals surface area contributed by atoms with Crippen LogP contribution in [0.2, 0.25) is 0 Å². The van der Waals surface area contributed by atoms with Gasteiger partial charge in [0, 0.05) is 10.0 Å². The van der Waals surface area contributed by atoms with Crippen molar-refractivity contribution in [3.63, 3.8) is 0 Å². The fourth-order valence-corrected chi connectivity index (χ4v) is 2.02. The van der Waals surface area contributed by atoms with E-state index in [-0.39, 0.29) is 5.96 Å². The number of benzene rings is 2. The molecule has 0 heterocycles. The Balaban J connectivity index is 2.15. The number of hydrogen-bond donors (Lipinski definition) is 2. The Hall–Kier alpha value is -2.34. The summed E-state index contributed by atoms with van der Waals surface area (Å²) in [5, 5.41) is 7.39. The van der Waals surface area contributed by atoms with E-state index in [2.05, 4.69) is 26.1 Å². The first kappa shape index (κ1) is 15.1. The summed E-state index contributed by atoms with van der Waals surface area (Å²) in [6.07, 6.45) is 1.55. The lowest BCUT2D eigenvalue weighted by molar-refractivity contribution is 0.306. The van der Waals surface area contributed by atoms with Crippen LogP contribution >= 0.6 is 15.9 Å². The molecule has 0 aliphatic carbocycles. The topological polar surface area (TPSA) is 86.0 Å². The van der Waals surface area contributed by atoms with Crippen LogP contribution in [0.4, 0.5) is 0 Å². The summed E-state index contributed by atoms with van der Waals surface area (Å²) in [7, 11) is 0. The van der Waals surface area contributed by atoms with E-state index in [0.29, 0.717) is 12.4 Å². The predicted octanol–water partition coefficient (Wildman–Crippen LogP) is 2.64. The maximum absolute atomic E-state index is 5.81. The van der Waals surface area contributed by atoms with Gasteiger partial charge in [0.1, 0.15) is 12.4 Å². The second kappa shape index (κ2) is 7.44. The fraction of sp³-hybridized carbons (Fsp3) is 0.0667. The van der Waals surface area contributed by atoms with Crippen molar-refractivity contribution in [2.24, 2.45) is 21.7 Å². The van der Waals surface area contributed by atoms with Crippen LogP contribution in [0.5, 0.6) is 5.75 Å². The van der Waals surface area contributed by atoms with Gasteiger partial charge in [0.25, 0.3) is 0 Å². The summed E-state index contributed by atoms with van der Waals surface area (Å²) in [6, 6.07) is 15.6. The van der Waals surface area contributed by atoms with Gasteiger partial charge in [-0.05, 0) is 23.8 Å². The normalized spacial score (nSPS) is 10.5. The van der Waals surface area contributed by atoms with Crippen molar-refractivity contribution >= 4 is 28.1 Å². The van der Waals surface area contributed by atoms with Crippen LogP contribution in [-0.2, 0) is 6.61 Å². The van der Waals surface area contributed by atoms with Crippen LogP contribution in [0.1, 0.15) is 11.1 Å². The highest BCUT2D eigenvalue weighted by Gasteiger charge is 2.03. The molecule has 0 saturated heterocycles. The lowest BCUT2D eigenvalue weighted by atomic mass is 10.2. The molecule has 0 spiro atoms. The fourth-order valence-electron chi connectivity index (χ4n) is 1.64. The van der Waals surface area contributed by atoms with Crippen LogP contribution in [0.15, 0.2) is 63.2 Å². The molecule has 2 aromatic rings. The van der Waals surface area contributed by atoms with Gasteiger partial charge >= 0.3 is 0 Å². The molecule has 21 heavy (non-hydrogen) atoms. The number of hydrogen-bond acceptors (Lipinski definition) is 3. The monoisotopic (exact) mass is 346 g/mol. The summed E-state index contributed by atoms with van der Waals surface area (Å²) in [4.78, 5) is 0. The van der Waals surface area contributed by atoms with Gasteiger partial charge in [0.2, 0.25) is 5.96 Å². The Kier molecular flexibility index (Phi) is 5.34. The largest absolute Gasteiger partial charge is 0.488 e. The second-order valence-electron chi connectivity index (χ2n) is 4.23. The Bertz CT molecular complexity index is 652. The molecule has 4 N–H and O–H groups in total. The molecule has 0 aromatic heterocycles. The summed E-state index contributed by atoms with van der Waals surface area (Å²) >= 11 is 3.41. The van der Waals surface area contributed by atoms with Gasteiger partial charge in [-0.25, -0.2) is 0 Å². The van der Waals surface area contributed by atoms with Gasteiger partial charge in [-0.1, -0.05) is 46.3 Å². The summed E-state index contributed by atoms with van der Waals surface area (Å²) in [5.74, 6) is 0.615. The molecule has 0 amide bonds. The molecule has 0 aliphatic heterocycles. The number of rotatable bonds is 5. The maximum atomic E-state index is 5.81. The molecular formula is C15H15BrN4O. The summed E-state index contributed by atoms with van der Waals surface area (Å²) in [6.45, 7) is 0.478. The van der Waals surface area contributed by atoms with Gasteiger partial charge in [0.05, 0.1) is 6.21 Å². The Morgan fingerprint density at radius 2 is 1.90 bits per heavy atom. The number of nitrogens with two attached hydrogens (primary N) is 2. The molecule has 6 heteroatoms. The molecule has 0 aliphatic rings. The smallest absolute Gasteiger partial charge is 0.211 e. The van der Waals surface area contributed by atoms with Crippen molar-refractivity contribution in [1.29, 1.82) is 0 Å². The third-order valence-electron chi connectivity index (χ3n) is 2.58. The van der Waals surface area contributed by atoms with E-state index >= 15 is 0 Å². The third kappa shape index (κ3) is 4.92. The third-order valence-corrected chi connectivity index (χ3v) is 3.07. The predicted molar refractivity (Wildman–Crippen MR) is 88.3 cm³/mol. The highest BCUT2D eigenvalue weighted by molar-refractivity contribution is 9.10. The zero-order valence-electron chi connectivity index (χ0n) is 11.2. The molecular weight excluding hydrogens is 332 g/mol. The van der Waals surface area contributed by atoms with Crippen molar-refractivity contribution in [3.8, 4) is 5.75 Å². The van der Waals surface area contributed by atoms with E-state index < -0.39 is 0 Å². The first-order valence-electron chi connectivity index (χ1n) is 6.23. The van der Waals surface area contributed by atoms with Crippen LogP contribution in [0.25, 0.3) is 0 Å². The van der Waals surface area contributed by atoms with E-state index in [1.165, 1.54) is 0 Å². The van der Waals surface area contributed by atoms with Crippen LogP contribution in [-0.4, -0.2) is 12.2 Å². The SMILES string of the molecule is NC(N)=N/N=C\c1cc(Br)ccc1OCc1ccccc1. The van der Waals surface area contributed by atoms with Crippen molar-refractivity contribution in [2.45, 2.75) is 6.61 Å².